The van der Waals surface area contributed by atoms with Crippen LogP contribution in [0.5, 0.6) is 23.0 Å². The van der Waals surface area contributed by atoms with Crippen LogP contribution in [-0.2, 0) is 0 Å². The summed E-state index contributed by atoms with van der Waals surface area (Å²) in [5, 5.41) is 1.20. The Morgan fingerprint density at radius 1 is 0.882 bits per heavy atom. The van der Waals surface area contributed by atoms with E-state index in [0.717, 1.165) is 0 Å². The van der Waals surface area contributed by atoms with E-state index in [4.69, 9.17) is 35.0 Å². The molecule has 0 aliphatic rings. The molecule has 4 rings (SSSR count). The molecule has 0 bridgehead atoms. The van der Waals surface area contributed by atoms with Crippen molar-refractivity contribution in [3.63, 3.8) is 0 Å². The predicted octanol–water partition coefficient (Wildman–Crippen LogP) is 5.67. The van der Waals surface area contributed by atoms with Crippen LogP contribution in [0.1, 0.15) is 15.9 Å². The first kappa shape index (κ1) is 23.2. The van der Waals surface area contributed by atoms with Crippen molar-refractivity contribution in [1.82, 2.24) is 0 Å². The quantitative estimate of drug-likeness (QED) is 0.200. The van der Waals surface area contributed by atoms with Gasteiger partial charge in [0, 0.05) is 10.4 Å². The van der Waals surface area contributed by atoms with Gasteiger partial charge in [0.15, 0.2) is 11.5 Å². The number of benzene rings is 3. The van der Waals surface area contributed by atoms with Crippen LogP contribution in [0.3, 0.4) is 0 Å². The van der Waals surface area contributed by atoms with Crippen molar-refractivity contribution in [3.05, 3.63) is 81.2 Å². The van der Waals surface area contributed by atoms with Gasteiger partial charge in [0.2, 0.25) is 5.75 Å². The molecule has 174 valence electrons. The molecule has 34 heavy (non-hydrogen) atoms. The molecule has 4 aromatic rings. The maximum absolute atomic E-state index is 12.9. The summed E-state index contributed by atoms with van der Waals surface area (Å²) in [6.07, 6.45) is 0. The van der Waals surface area contributed by atoms with E-state index < -0.39 is 11.6 Å². The minimum absolute atomic E-state index is 0.216. The molecule has 0 spiro atoms. The Labute approximate surface area is 200 Å². The number of methoxy groups -OCH3 is 3. The van der Waals surface area contributed by atoms with Crippen molar-refractivity contribution in [3.8, 4) is 34.1 Å². The van der Waals surface area contributed by atoms with Crippen molar-refractivity contribution >= 4 is 28.5 Å². The number of esters is 1. The van der Waals surface area contributed by atoms with Gasteiger partial charge in [0.05, 0.1) is 32.5 Å². The minimum atomic E-state index is -0.619. The molecule has 0 saturated heterocycles. The molecule has 0 saturated carbocycles. The number of aryl methyl sites for hydroxylation is 1. The van der Waals surface area contributed by atoms with Crippen LogP contribution in [-0.4, -0.2) is 27.3 Å². The molecule has 1 aromatic heterocycles. The lowest BCUT2D eigenvalue weighted by Crippen LogP contribution is -2.10. The minimum Gasteiger partial charge on any atom is -0.493 e. The normalized spacial score (nSPS) is 10.7. The molecular formula is C26H21ClO7. The van der Waals surface area contributed by atoms with Gasteiger partial charge in [-0.05, 0) is 60.5 Å². The lowest BCUT2D eigenvalue weighted by Gasteiger charge is -2.14. The van der Waals surface area contributed by atoms with Crippen LogP contribution in [0.15, 0.2) is 63.8 Å². The van der Waals surface area contributed by atoms with Crippen molar-refractivity contribution < 1.29 is 28.2 Å². The Bertz CT molecular complexity index is 1410. The van der Waals surface area contributed by atoms with Gasteiger partial charge < -0.3 is 23.4 Å². The number of halogens is 1. The topological polar surface area (TPSA) is 84.2 Å². The fourth-order valence-electron chi connectivity index (χ4n) is 3.71. The average Bonchev–Trinajstić information content (AvgIpc) is 2.84. The van der Waals surface area contributed by atoms with Crippen LogP contribution in [0.2, 0.25) is 5.02 Å². The fraction of sp³-hybridized carbons (Fsp3) is 0.154. The number of carbonyl (C=O) groups excluding carboxylic acids is 1. The molecule has 0 aliphatic carbocycles. The lowest BCUT2D eigenvalue weighted by molar-refractivity contribution is 0.0734. The molecule has 0 atom stereocenters. The van der Waals surface area contributed by atoms with E-state index in [2.05, 4.69) is 0 Å². The van der Waals surface area contributed by atoms with Crippen LogP contribution in [0, 0.1) is 6.92 Å². The van der Waals surface area contributed by atoms with Crippen molar-refractivity contribution in [2.45, 2.75) is 6.92 Å². The van der Waals surface area contributed by atoms with E-state index in [1.165, 1.54) is 33.5 Å². The highest BCUT2D eigenvalue weighted by Crippen LogP contribution is 2.38. The van der Waals surface area contributed by atoms with Crippen molar-refractivity contribution in [2.75, 3.05) is 21.3 Å². The molecule has 0 radical (unpaired) electrons. The van der Waals surface area contributed by atoms with Crippen molar-refractivity contribution in [2.24, 2.45) is 0 Å². The third kappa shape index (κ3) is 4.30. The van der Waals surface area contributed by atoms with Gasteiger partial charge in [0.1, 0.15) is 11.3 Å². The maximum Gasteiger partial charge on any atom is 0.344 e. The molecule has 0 aliphatic heterocycles. The van der Waals surface area contributed by atoms with Gasteiger partial charge in [-0.15, -0.1) is 0 Å². The summed E-state index contributed by atoms with van der Waals surface area (Å²) in [6, 6.07) is 14.7. The van der Waals surface area contributed by atoms with E-state index >= 15 is 0 Å². The van der Waals surface area contributed by atoms with Crippen LogP contribution in [0.25, 0.3) is 22.1 Å². The molecular weight excluding hydrogens is 460 g/mol. The van der Waals surface area contributed by atoms with Crippen LogP contribution in [0.4, 0.5) is 0 Å². The van der Waals surface area contributed by atoms with E-state index in [1.807, 2.05) is 6.92 Å². The maximum atomic E-state index is 12.9. The number of rotatable bonds is 6. The summed E-state index contributed by atoms with van der Waals surface area (Å²) in [6.45, 7) is 1.81. The summed E-state index contributed by atoms with van der Waals surface area (Å²) in [5.74, 6) is 0.694. The zero-order chi connectivity index (χ0) is 24.4. The zero-order valence-corrected chi connectivity index (χ0v) is 19.7. The van der Waals surface area contributed by atoms with E-state index in [1.54, 1.807) is 42.5 Å². The fourth-order valence-corrected chi connectivity index (χ4v) is 3.84. The number of ether oxygens (including phenoxy) is 4. The Balaban J connectivity index is 1.73. The molecule has 7 nitrogen and oxygen atoms in total. The largest absolute Gasteiger partial charge is 0.493 e. The number of carbonyl (C=O) groups is 1. The first-order valence-corrected chi connectivity index (χ1v) is 10.6. The summed E-state index contributed by atoms with van der Waals surface area (Å²) in [5.41, 5.74) is 1.92. The second-order valence-electron chi connectivity index (χ2n) is 7.36. The molecule has 0 N–H and O–H groups in total. The van der Waals surface area contributed by atoms with Crippen molar-refractivity contribution in [1.29, 1.82) is 0 Å². The second kappa shape index (κ2) is 9.49. The Morgan fingerprint density at radius 3 is 2.12 bits per heavy atom. The molecule has 8 heteroatoms. The number of hydrogen-bond acceptors (Lipinski definition) is 7. The van der Waals surface area contributed by atoms with Gasteiger partial charge >= 0.3 is 11.6 Å². The summed E-state index contributed by atoms with van der Waals surface area (Å²) >= 11 is 5.98. The standard InChI is InChI=1S/C26H21ClO7/c1-14-19-13-18(33-25(28)16-11-21(30-2)24(32-4)22(12-16)31-3)9-10-20(19)34-26(29)23(14)15-5-7-17(27)8-6-15/h5-13H,1-4H3. The second-order valence-corrected chi connectivity index (χ2v) is 7.79. The third-order valence-electron chi connectivity index (χ3n) is 5.38. The van der Waals surface area contributed by atoms with Crippen LogP contribution >= 0.6 is 11.6 Å². The molecule has 1 heterocycles. The number of hydrogen-bond donors (Lipinski definition) is 0. The Morgan fingerprint density at radius 2 is 1.53 bits per heavy atom. The average molecular weight is 481 g/mol. The molecule has 3 aromatic carbocycles. The van der Waals surface area contributed by atoms with E-state index in [9.17, 15) is 9.59 Å². The van der Waals surface area contributed by atoms with Gasteiger partial charge in [-0.2, -0.15) is 0 Å². The van der Waals surface area contributed by atoms with Gasteiger partial charge in [-0.3, -0.25) is 0 Å². The highest BCUT2D eigenvalue weighted by molar-refractivity contribution is 6.30. The summed E-state index contributed by atoms with van der Waals surface area (Å²) < 4.78 is 27.0. The highest BCUT2D eigenvalue weighted by Gasteiger charge is 2.19. The molecule has 0 fully saturated rings. The monoisotopic (exact) mass is 480 g/mol. The van der Waals surface area contributed by atoms with E-state index in [0.29, 0.717) is 49.9 Å². The van der Waals surface area contributed by atoms with Gasteiger partial charge in [0.25, 0.3) is 0 Å². The predicted molar refractivity (Wildman–Crippen MR) is 129 cm³/mol. The number of fused-ring (bicyclic) bond motifs is 1. The Hall–Kier alpha value is -3.97. The van der Waals surface area contributed by atoms with Gasteiger partial charge in [-0.25, -0.2) is 9.59 Å². The third-order valence-corrected chi connectivity index (χ3v) is 5.63. The highest BCUT2D eigenvalue weighted by atomic mass is 35.5. The first-order chi connectivity index (χ1) is 16.4. The zero-order valence-electron chi connectivity index (χ0n) is 18.9. The Kier molecular flexibility index (Phi) is 6.47. The van der Waals surface area contributed by atoms with Crippen LogP contribution < -0.4 is 24.6 Å². The van der Waals surface area contributed by atoms with E-state index in [-0.39, 0.29) is 11.3 Å². The molecule has 0 amide bonds. The van der Waals surface area contributed by atoms with Gasteiger partial charge in [-0.1, -0.05) is 23.7 Å². The lowest BCUT2D eigenvalue weighted by atomic mass is 9.99. The SMILES string of the molecule is COc1cc(C(=O)Oc2ccc3oc(=O)c(-c4ccc(Cl)cc4)c(C)c3c2)cc(OC)c1OC. The smallest absolute Gasteiger partial charge is 0.344 e. The summed E-state index contributed by atoms with van der Waals surface area (Å²) in [7, 11) is 4.40. The summed E-state index contributed by atoms with van der Waals surface area (Å²) in [4.78, 5) is 25.5. The molecule has 0 unspecified atom stereocenters. The first-order valence-electron chi connectivity index (χ1n) is 10.2.